The number of hydrogen-bond acceptors (Lipinski definition) is 2. The number of aromatic hydroxyl groups is 1. The van der Waals surface area contributed by atoms with Crippen LogP contribution in [-0.2, 0) is 0 Å². The van der Waals surface area contributed by atoms with Crippen molar-refractivity contribution in [3.8, 4) is 5.75 Å². The largest absolute Gasteiger partial charge is 0.508 e. The Morgan fingerprint density at radius 2 is 2.06 bits per heavy atom. The fraction of sp³-hybridized carbons (Fsp3) is 0.533. The highest BCUT2D eigenvalue weighted by molar-refractivity contribution is 5.94. The van der Waals surface area contributed by atoms with Crippen molar-refractivity contribution in [1.29, 1.82) is 0 Å². The Hall–Kier alpha value is -1.51. The SMILES string of the molecule is CC1(C)CCCN(C(=O)c2cccc(O)c2)CC1. The van der Waals surface area contributed by atoms with Gasteiger partial charge in [-0.25, -0.2) is 0 Å². The molecule has 1 saturated heterocycles. The number of phenols is 1. The van der Waals surface area contributed by atoms with Gasteiger partial charge >= 0.3 is 0 Å². The molecule has 1 amide bonds. The van der Waals surface area contributed by atoms with Crippen LogP contribution in [0.15, 0.2) is 24.3 Å². The molecule has 1 heterocycles. The zero-order chi connectivity index (χ0) is 13.2. The third-order valence-corrected chi connectivity index (χ3v) is 3.72. The lowest BCUT2D eigenvalue weighted by atomic mass is 9.85. The second-order valence-electron chi connectivity index (χ2n) is 5.86. The highest BCUT2D eigenvalue weighted by Gasteiger charge is 2.25. The van der Waals surface area contributed by atoms with E-state index < -0.39 is 0 Å². The second kappa shape index (κ2) is 5.01. The average molecular weight is 247 g/mol. The zero-order valence-electron chi connectivity index (χ0n) is 11.1. The highest BCUT2D eigenvalue weighted by Crippen LogP contribution is 2.30. The number of benzene rings is 1. The number of amides is 1. The molecular weight excluding hydrogens is 226 g/mol. The lowest BCUT2D eigenvalue weighted by molar-refractivity contribution is 0.0757. The Bertz CT molecular complexity index is 440. The third kappa shape index (κ3) is 3.03. The molecule has 0 aromatic heterocycles. The van der Waals surface area contributed by atoms with Crippen LogP contribution in [0.1, 0.15) is 43.5 Å². The van der Waals surface area contributed by atoms with Crippen LogP contribution in [0.25, 0.3) is 0 Å². The van der Waals surface area contributed by atoms with Gasteiger partial charge < -0.3 is 10.0 Å². The van der Waals surface area contributed by atoms with Crippen molar-refractivity contribution in [1.82, 2.24) is 4.90 Å². The third-order valence-electron chi connectivity index (χ3n) is 3.72. The van der Waals surface area contributed by atoms with E-state index in [1.807, 2.05) is 4.90 Å². The quantitative estimate of drug-likeness (QED) is 0.828. The van der Waals surface area contributed by atoms with Crippen LogP contribution < -0.4 is 0 Å². The van der Waals surface area contributed by atoms with E-state index in [4.69, 9.17) is 0 Å². The molecule has 0 radical (unpaired) electrons. The smallest absolute Gasteiger partial charge is 0.253 e. The normalized spacial score (nSPS) is 19.3. The molecule has 0 aliphatic carbocycles. The van der Waals surface area contributed by atoms with Crippen LogP contribution in [0.3, 0.4) is 0 Å². The summed E-state index contributed by atoms with van der Waals surface area (Å²) in [6, 6.07) is 6.60. The van der Waals surface area contributed by atoms with Gasteiger partial charge in [-0.05, 0) is 42.9 Å². The first-order valence-electron chi connectivity index (χ1n) is 6.56. The Morgan fingerprint density at radius 1 is 1.28 bits per heavy atom. The lowest BCUT2D eigenvalue weighted by Crippen LogP contribution is -2.32. The van der Waals surface area contributed by atoms with Crippen molar-refractivity contribution >= 4 is 5.91 Å². The number of phenolic OH excluding ortho intramolecular Hbond substituents is 1. The van der Waals surface area contributed by atoms with E-state index in [0.717, 1.165) is 32.4 Å². The number of hydrogen-bond donors (Lipinski definition) is 1. The van der Waals surface area contributed by atoms with Gasteiger partial charge in [0.2, 0.25) is 0 Å². The van der Waals surface area contributed by atoms with Gasteiger partial charge in [-0.3, -0.25) is 4.79 Å². The first kappa shape index (κ1) is 12.9. The van der Waals surface area contributed by atoms with E-state index in [1.54, 1.807) is 24.3 Å². The summed E-state index contributed by atoms with van der Waals surface area (Å²) in [6.45, 7) is 6.14. The predicted octanol–water partition coefficient (Wildman–Crippen LogP) is 3.04. The van der Waals surface area contributed by atoms with Crippen LogP contribution in [0, 0.1) is 5.41 Å². The average Bonchev–Trinajstić information content (AvgIpc) is 2.49. The summed E-state index contributed by atoms with van der Waals surface area (Å²) in [7, 11) is 0. The molecule has 0 unspecified atom stereocenters. The molecule has 2 rings (SSSR count). The van der Waals surface area contributed by atoms with Crippen LogP contribution in [0.4, 0.5) is 0 Å². The van der Waals surface area contributed by atoms with Crippen LogP contribution in [0.2, 0.25) is 0 Å². The van der Waals surface area contributed by atoms with E-state index in [-0.39, 0.29) is 11.7 Å². The van der Waals surface area contributed by atoms with Crippen molar-refractivity contribution in [2.24, 2.45) is 5.41 Å². The van der Waals surface area contributed by atoms with Crippen molar-refractivity contribution in [3.05, 3.63) is 29.8 Å². The summed E-state index contributed by atoms with van der Waals surface area (Å²) in [5, 5.41) is 9.43. The predicted molar refractivity (Wildman–Crippen MR) is 71.6 cm³/mol. The maximum Gasteiger partial charge on any atom is 0.253 e. The van der Waals surface area contributed by atoms with Gasteiger partial charge in [0, 0.05) is 18.7 Å². The molecule has 1 aliphatic rings. The summed E-state index contributed by atoms with van der Waals surface area (Å²) in [6.07, 6.45) is 3.26. The standard InChI is InChI=1S/C15H21NO2/c1-15(2)7-4-9-16(10-8-15)14(18)12-5-3-6-13(17)11-12/h3,5-6,11,17H,4,7-10H2,1-2H3. The molecule has 1 aromatic carbocycles. The first-order chi connectivity index (χ1) is 8.48. The molecule has 0 atom stereocenters. The molecule has 1 aromatic rings. The van der Waals surface area contributed by atoms with E-state index >= 15 is 0 Å². The van der Waals surface area contributed by atoms with Crippen molar-refractivity contribution < 1.29 is 9.90 Å². The monoisotopic (exact) mass is 247 g/mol. The fourth-order valence-electron chi connectivity index (χ4n) is 2.45. The molecule has 3 heteroatoms. The summed E-state index contributed by atoms with van der Waals surface area (Å²) < 4.78 is 0. The van der Waals surface area contributed by atoms with Gasteiger partial charge in [-0.2, -0.15) is 0 Å². The van der Waals surface area contributed by atoms with Crippen molar-refractivity contribution in [2.45, 2.75) is 33.1 Å². The molecule has 18 heavy (non-hydrogen) atoms. The van der Waals surface area contributed by atoms with E-state index in [9.17, 15) is 9.90 Å². The molecule has 0 bridgehead atoms. The minimum absolute atomic E-state index is 0.0311. The molecule has 1 fully saturated rings. The maximum absolute atomic E-state index is 12.3. The molecule has 1 aliphatic heterocycles. The molecule has 0 saturated carbocycles. The van der Waals surface area contributed by atoms with Crippen LogP contribution >= 0.6 is 0 Å². The van der Waals surface area contributed by atoms with Crippen molar-refractivity contribution in [3.63, 3.8) is 0 Å². The number of nitrogens with zero attached hydrogens (tertiary/aromatic N) is 1. The van der Waals surface area contributed by atoms with Gasteiger partial charge in [0.1, 0.15) is 5.75 Å². The Morgan fingerprint density at radius 3 is 2.78 bits per heavy atom. The van der Waals surface area contributed by atoms with Gasteiger partial charge in [0.05, 0.1) is 0 Å². The van der Waals surface area contributed by atoms with Crippen molar-refractivity contribution in [2.75, 3.05) is 13.1 Å². The van der Waals surface area contributed by atoms with Gasteiger partial charge in [-0.1, -0.05) is 19.9 Å². The highest BCUT2D eigenvalue weighted by atomic mass is 16.3. The molecule has 98 valence electrons. The minimum Gasteiger partial charge on any atom is -0.508 e. The first-order valence-corrected chi connectivity index (χ1v) is 6.56. The number of carbonyl (C=O) groups excluding carboxylic acids is 1. The molecule has 1 N–H and O–H groups in total. The van der Waals surface area contributed by atoms with Crippen LogP contribution in [-0.4, -0.2) is 29.0 Å². The van der Waals surface area contributed by atoms with Gasteiger partial charge in [0.15, 0.2) is 0 Å². The number of carbonyl (C=O) groups is 1. The Balaban J connectivity index is 2.10. The number of rotatable bonds is 1. The summed E-state index contributed by atoms with van der Waals surface area (Å²) in [5.74, 6) is 0.180. The Kier molecular flexibility index (Phi) is 3.60. The van der Waals surface area contributed by atoms with E-state index in [0.29, 0.717) is 11.0 Å². The van der Waals surface area contributed by atoms with E-state index in [1.165, 1.54) is 0 Å². The zero-order valence-corrected chi connectivity index (χ0v) is 11.1. The molecular formula is C15H21NO2. The summed E-state index contributed by atoms with van der Waals surface area (Å²) >= 11 is 0. The molecule has 3 nitrogen and oxygen atoms in total. The topological polar surface area (TPSA) is 40.5 Å². The van der Waals surface area contributed by atoms with Gasteiger partial charge in [0.25, 0.3) is 5.91 Å². The maximum atomic E-state index is 12.3. The fourth-order valence-corrected chi connectivity index (χ4v) is 2.45. The second-order valence-corrected chi connectivity index (χ2v) is 5.86. The Labute approximate surface area is 108 Å². The lowest BCUT2D eigenvalue weighted by Gasteiger charge is -2.23. The summed E-state index contributed by atoms with van der Waals surface area (Å²) in [5.41, 5.74) is 0.906. The van der Waals surface area contributed by atoms with Crippen LogP contribution in [0.5, 0.6) is 5.75 Å². The minimum atomic E-state index is 0.0311. The molecule has 0 spiro atoms. The van der Waals surface area contributed by atoms with E-state index in [2.05, 4.69) is 13.8 Å². The number of likely N-dealkylation sites (tertiary alicyclic amines) is 1. The summed E-state index contributed by atoms with van der Waals surface area (Å²) in [4.78, 5) is 14.2. The van der Waals surface area contributed by atoms with Gasteiger partial charge in [-0.15, -0.1) is 0 Å².